The Bertz CT molecular complexity index is 140. The summed E-state index contributed by atoms with van der Waals surface area (Å²) in [6.07, 6.45) is 4.36. The minimum atomic E-state index is 0.852. The van der Waals surface area contributed by atoms with Crippen molar-refractivity contribution in [1.82, 2.24) is 5.32 Å². The molecular formula is C10H19N. The van der Waals surface area contributed by atoms with Crippen LogP contribution in [0.4, 0.5) is 0 Å². The van der Waals surface area contributed by atoms with Gasteiger partial charge in [0.1, 0.15) is 0 Å². The number of hydrogen-bond donors (Lipinski definition) is 1. The molecule has 0 aromatic rings. The summed E-state index contributed by atoms with van der Waals surface area (Å²) in [5, 5.41) is 3.66. The maximum absolute atomic E-state index is 3.66. The summed E-state index contributed by atoms with van der Waals surface area (Å²) in [6, 6.07) is 0.852. The first-order valence-corrected chi connectivity index (χ1v) is 5.00. The Morgan fingerprint density at radius 1 is 1.27 bits per heavy atom. The van der Waals surface area contributed by atoms with Crippen molar-refractivity contribution in [3.63, 3.8) is 0 Å². The van der Waals surface area contributed by atoms with Crippen LogP contribution < -0.4 is 5.32 Å². The quantitative estimate of drug-likeness (QED) is 0.654. The van der Waals surface area contributed by atoms with Gasteiger partial charge in [0, 0.05) is 6.04 Å². The molecule has 0 saturated heterocycles. The molecule has 1 nitrogen and oxygen atoms in total. The lowest BCUT2D eigenvalue weighted by Gasteiger charge is -2.41. The first kappa shape index (κ1) is 7.60. The van der Waals surface area contributed by atoms with Gasteiger partial charge in [0.25, 0.3) is 0 Å². The molecule has 11 heavy (non-hydrogen) atoms. The van der Waals surface area contributed by atoms with E-state index in [-0.39, 0.29) is 0 Å². The molecule has 2 aliphatic carbocycles. The highest BCUT2D eigenvalue weighted by atomic mass is 14.9. The van der Waals surface area contributed by atoms with Crippen molar-refractivity contribution in [2.24, 2.45) is 17.8 Å². The Balaban J connectivity index is 1.63. The van der Waals surface area contributed by atoms with Crippen molar-refractivity contribution in [3.8, 4) is 0 Å². The molecular weight excluding hydrogens is 134 g/mol. The van der Waals surface area contributed by atoms with Gasteiger partial charge in [-0.25, -0.2) is 0 Å². The normalized spacial score (nSPS) is 43.6. The second-order valence-electron chi connectivity index (χ2n) is 4.53. The van der Waals surface area contributed by atoms with E-state index >= 15 is 0 Å². The Morgan fingerprint density at radius 3 is 2.45 bits per heavy atom. The van der Waals surface area contributed by atoms with Crippen LogP contribution in [0.3, 0.4) is 0 Å². The standard InChI is InChI=1S/C10H19N/c1-7-5-10(8(7)2)11-6-9-3-4-9/h7-11H,3-6H2,1-2H3. The van der Waals surface area contributed by atoms with Gasteiger partial charge in [0.15, 0.2) is 0 Å². The topological polar surface area (TPSA) is 12.0 Å². The van der Waals surface area contributed by atoms with Gasteiger partial charge in [-0.05, 0) is 43.6 Å². The fraction of sp³-hybridized carbons (Fsp3) is 1.00. The molecule has 0 spiro atoms. The van der Waals surface area contributed by atoms with Gasteiger partial charge in [-0.3, -0.25) is 0 Å². The van der Waals surface area contributed by atoms with Crippen LogP contribution in [0.15, 0.2) is 0 Å². The van der Waals surface area contributed by atoms with Crippen molar-refractivity contribution < 1.29 is 0 Å². The van der Waals surface area contributed by atoms with E-state index < -0.39 is 0 Å². The molecule has 0 bridgehead atoms. The van der Waals surface area contributed by atoms with Crippen molar-refractivity contribution in [3.05, 3.63) is 0 Å². The molecule has 1 heteroatoms. The molecule has 2 saturated carbocycles. The van der Waals surface area contributed by atoms with Gasteiger partial charge in [-0.1, -0.05) is 13.8 Å². The second kappa shape index (κ2) is 2.78. The van der Waals surface area contributed by atoms with E-state index in [9.17, 15) is 0 Å². The Morgan fingerprint density at radius 2 is 2.00 bits per heavy atom. The lowest BCUT2D eigenvalue weighted by atomic mass is 9.71. The van der Waals surface area contributed by atoms with Crippen molar-refractivity contribution in [2.45, 2.75) is 39.2 Å². The molecule has 0 heterocycles. The van der Waals surface area contributed by atoms with Gasteiger partial charge >= 0.3 is 0 Å². The molecule has 3 atom stereocenters. The van der Waals surface area contributed by atoms with Crippen LogP contribution in [0.1, 0.15) is 33.1 Å². The van der Waals surface area contributed by atoms with Gasteiger partial charge in [0.05, 0.1) is 0 Å². The van der Waals surface area contributed by atoms with Crippen LogP contribution in [0.25, 0.3) is 0 Å². The predicted molar refractivity (Wildman–Crippen MR) is 47.5 cm³/mol. The molecule has 0 aliphatic heterocycles. The maximum Gasteiger partial charge on any atom is 0.00980 e. The molecule has 2 rings (SSSR count). The van der Waals surface area contributed by atoms with Crippen molar-refractivity contribution in [1.29, 1.82) is 0 Å². The van der Waals surface area contributed by atoms with Gasteiger partial charge in [-0.2, -0.15) is 0 Å². The maximum atomic E-state index is 3.66. The minimum Gasteiger partial charge on any atom is -0.313 e. The highest BCUT2D eigenvalue weighted by molar-refractivity contribution is 4.90. The lowest BCUT2D eigenvalue weighted by molar-refractivity contribution is 0.137. The van der Waals surface area contributed by atoms with Crippen LogP contribution in [0.2, 0.25) is 0 Å². The Labute approximate surface area is 69.6 Å². The van der Waals surface area contributed by atoms with Crippen LogP contribution in [0.5, 0.6) is 0 Å². The van der Waals surface area contributed by atoms with E-state index in [1.54, 1.807) is 0 Å². The highest BCUT2D eigenvalue weighted by Crippen LogP contribution is 2.35. The molecule has 0 amide bonds. The zero-order chi connectivity index (χ0) is 7.84. The van der Waals surface area contributed by atoms with Gasteiger partial charge < -0.3 is 5.32 Å². The number of nitrogens with one attached hydrogen (secondary N) is 1. The summed E-state index contributed by atoms with van der Waals surface area (Å²) in [5.74, 6) is 2.93. The highest BCUT2D eigenvalue weighted by Gasteiger charge is 2.34. The van der Waals surface area contributed by atoms with Gasteiger partial charge in [0.2, 0.25) is 0 Å². The second-order valence-corrected chi connectivity index (χ2v) is 4.53. The molecule has 64 valence electrons. The van der Waals surface area contributed by atoms with Crippen LogP contribution in [-0.2, 0) is 0 Å². The van der Waals surface area contributed by atoms with E-state index in [2.05, 4.69) is 19.2 Å². The number of rotatable bonds is 3. The van der Waals surface area contributed by atoms with Crippen LogP contribution in [0, 0.1) is 17.8 Å². The van der Waals surface area contributed by atoms with Crippen LogP contribution >= 0.6 is 0 Å². The average molecular weight is 153 g/mol. The summed E-state index contributed by atoms with van der Waals surface area (Å²) in [7, 11) is 0. The van der Waals surface area contributed by atoms with Gasteiger partial charge in [-0.15, -0.1) is 0 Å². The summed E-state index contributed by atoms with van der Waals surface area (Å²) in [4.78, 5) is 0. The average Bonchev–Trinajstić information content (AvgIpc) is 2.80. The number of hydrogen-bond acceptors (Lipinski definition) is 1. The van der Waals surface area contributed by atoms with E-state index in [0.717, 1.165) is 23.8 Å². The minimum absolute atomic E-state index is 0.852. The molecule has 0 radical (unpaired) electrons. The van der Waals surface area contributed by atoms with Crippen LogP contribution in [-0.4, -0.2) is 12.6 Å². The monoisotopic (exact) mass is 153 g/mol. The van der Waals surface area contributed by atoms with E-state index in [1.807, 2.05) is 0 Å². The zero-order valence-electron chi connectivity index (χ0n) is 7.64. The summed E-state index contributed by atoms with van der Waals surface area (Å²) in [6.45, 7) is 6.03. The third-order valence-electron chi connectivity index (χ3n) is 3.52. The van der Waals surface area contributed by atoms with E-state index in [0.29, 0.717) is 0 Å². The summed E-state index contributed by atoms with van der Waals surface area (Å²) >= 11 is 0. The fourth-order valence-electron chi connectivity index (χ4n) is 1.94. The smallest absolute Gasteiger partial charge is 0.00980 e. The molecule has 0 aromatic heterocycles. The molecule has 3 unspecified atom stereocenters. The molecule has 0 aromatic carbocycles. The van der Waals surface area contributed by atoms with Crippen molar-refractivity contribution >= 4 is 0 Å². The van der Waals surface area contributed by atoms with Crippen molar-refractivity contribution in [2.75, 3.05) is 6.54 Å². The Kier molecular flexibility index (Phi) is 1.92. The molecule has 2 fully saturated rings. The third-order valence-corrected chi connectivity index (χ3v) is 3.52. The van der Waals surface area contributed by atoms with E-state index in [1.165, 1.54) is 25.8 Å². The first-order valence-electron chi connectivity index (χ1n) is 5.00. The molecule has 2 aliphatic rings. The van der Waals surface area contributed by atoms with E-state index in [4.69, 9.17) is 0 Å². The molecule has 1 N–H and O–H groups in total. The Hall–Kier alpha value is -0.0400. The first-order chi connectivity index (χ1) is 5.27. The largest absolute Gasteiger partial charge is 0.313 e. The SMILES string of the molecule is CC1CC(NCC2CC2)C1C. The fourth-order valence-corrected chi connectivity index (χ4v) is 1.94. The lowest BCUT2D eigenvalue weighted by Crippen LogP contribution is -2.48. The predicted octanol–water partition coefficient (Wildman–Crippen LogP) is 2.03. The zero-order valence-corrected chi connectivity index (χ0v) is 7.64. The summed E-state index contributed by atoms with van der Waals surface area (Å²) < 4.78 is 0. The summed E-state index contributed by atoms with van der Waals surface area (Å²) in [5.41, 5.74) is 0. The third kappa shape index (κ3) is 1.58.